The third kappa shape index (κ3) is 1.75. The predicted molar refractivity (Wildman–Crippen MR) is 76.8 cm³/mol. The Morgan fingerprint density at radius 3 is 2.65 bits per heavy atom. The van der Waals surface area contributed by atoms with Gasteiger partial charge in [-0.1, -0.05) is 36.4 Å². The van der Waals surface area contributed by atoms with E-state index in [2.05, 4.69) is 18.2 Å². The molecule has 0 N–H and O–H groups in total. The fraction of sp³-hybridized carbons (Fsp3) is 0.278. The first kappa shape index (κ1) is 11.7. The smallest absolute Gasteiger partial charge is 0.339 e. The van der Waals surface area contributed by atoms with E-state index in [1.54, 1.807) is 0 Å². The molecule has 2 aromatic carbocycles. The molecule has 0 spiro atoms. The third-order valence-electron chi connectivity index (χ3n) is 4.36. The maximum absolute atomic E-state index is 11.9. The SMILES string of the molecule is O=C1OC(c2ccc3c(c2)CCCC3)c2ccccc21. The quantitative estimate of drug-likeness (QED) is 0.732. The van der Waals surface area contributed by atoms with Crippen LogP contribution < -0.4 is 0 Å². The summed E-state index contributed by atoms with van der Waals surface area (Å²) in [7, 11) is 0. The molecule has 2 aromatic rings. The summed E-state index contributed by atoms with van der Waals surface area (Å²) in [5.74, 6) is -0.205. The number of hydrogen-bond acceptors (Lipinski definition) is 2. The fourth-order valence-corrected chi connectivity index (χ4v) is 3.31. The van der Waals surface area contributed by atoms with Gasteiger partial charge in [0.05, 0.1) is 5.56 Å². The minimum Gasteiger partial charge on any atom is -0.449 e. The molecule has 1 heterocycles. The minimum atomic E-state index is -0.231. The summed E-state index contributed by atoms with van der Waals surface area (Å²) < 4.78 is 5.57. The number of fused-ring (bicyclic) bond motifs is 2. The zero-order valence-electron chi connectivity index (χ0n) is 11.3. The topological polar surface area (TPSA) is 26.3 Å². The molecule has 0 saturated heterocycles. The zero-order chi connectivity index (χ0) is 13.5. The zero-order valence-corrected chi connectivity index (χ0v) is 11.3. The van der Waals surface area contributed by atoms with Gasteiger partial charge in [0.2, 0.25) is 0 Å². The van der Waals surface area contributed by atoms with Crippen molar-refractivity contribution in [1.29, 1.82) is 0 Å². The molecule has 2 nitrogen and oxygen atoms in total. The Kier molecular flexibility index (Phi) is 2.62. The van der Waals surface area contributed by atoms with Crippen LogP contribution in [0.3, 0.4) is 0 Å². The van der Waals surface area contributed by atoms with Gasteiger partial charge < -0.3 is 4.74 Å². The van der Waals surface area contributed by atoms with E-state index in [1.807, 2.05) is 24.3 Å². The first-order valence-electron chi connectivity index (χ1n) is 7.24. The van der Waals surface area contributed by atoms with E-state index in [0.29, 0.717) is 5.56 Å². The molecule has 1 atom stereocenters. The Hall–Kier alpha value is -2.09. The average Bonchev–Trinajstić information content (AvgIpc) is 2.85. The molecule has 1 unspecified atom stereocenters. The van der Waals surface area contributed by atoms with Crippen LogP contribution in [0.5, 0.6) is 0 Å². The first-order valence-corrected chi connectivity index (χ1v) is 7.24. The molecule has 0 bridgehead atoms. The molecular weight excluding hydrogens is 248 g/mol. The third-order valence-corrected chi connectivity index (χ3v) is 4.36. The van der Waals surface area contributed by atoms with Gasteiger partial charge in [-0.05, 0) is 48.4 Å². The number of rotatable bonds is 1. The lowest BCUT2D eigenvalue weighted by molar-refractivity contribution is 0.0455. The fourth-order valence-electron chi connectivity index (χ4n) is 3.31. The van der Waals surface area contributed by atoms with E-state index in [-0.39, 0.29) is 12.1 Å². The lowest BCUT2D eigenvalue weighted by atomic mass is 9.88. The van der Waals surface area contributed by atoms with Gasteiger partial charge in [-0.3, -0.25) is 0 Å². The molecule has 20 heavy (non-hydrogen) atoms. The standard InChI is InChI=1S/C18H16O2/c19-18-16-8-4-3-7-15(16)17(20-18)14-10-9-12-5-1-2-6-13(12)11-14/h3-4,7-11,17H,1-2,5-6H2. The number of carbonyl (C=O) groups is 1. The average molecular weight is 264 g/mol. The van der Waals surface area contributed by atoms with E-state index in [0.717, 1.165) is 17.5 Å². The number of carbonyl (C=O) groups excluding carboxylic acids is 1. The number of ether oxygens (including phenoxy) is 1. The van der Waals surface area contributed by atoms with Crippen molar-refractivity contribution < 1.29 is 9.53 Å². The van der Waals surface area contributed by atoms with Gasteiger partial charge in [0.25, 0.3) is 0 Å². The highest BCUT2D eigenvalue weighted by Crippen LogP contribution is 2.37. The Labute approximate surface area is 118 Å². The van der Waals surface area contributed by atoms with Crippen molar-refractivity contribution in [3.05, 3.63) is 70.3 Å². The van der Waals surface area contributed by atoms with Gasteiger partial charge in [-0.15, -0.1) is 0 Å². The summed E-state index contributed by atoms with van der Waals surface area (Å²) in [6, 6.07) is 14.2. The van der Waals surface area contributed by atoms with E-state index in [1.165, 1.54) is 30.4 Å². The molecule has 2 aliphatic rings. The van der Waals surface area contributed by atoms with Crippen LogP contribution in [-0.4, -0.2) is 5.97 Å². The van der Waals surface area contributed by atoms with E-state index >= 15 is 0 Å². The second-order valence-corrected chi connectivity index (χ2v) is 5.61. The molecule has 1 aliphatic carbocycles. The van der Waals surface area contributed by atoms with Gasteiger partial charge in [0.1, 0.15) is 0 Å². The molecule has 0 saturated carbocycles. The molecule has 0 fully saturated rings. The highest BCUT2D eigenvalue weighted by molar-refractivity contribution is 5.94. The Bertz CT molecular complexity index is 688. The highest BCUT2D eigenvalue weighted by atomic mass is 16.5. The second-order valence-electron chi connectivity index (χ2n) is 5.61. The van der Waals surface area contributed by atoms with Crippen LogP contribution in [0.4, 0.5) is 0 Å². The highest BCUT2D eigenvalue weighted by Gasteiger charge is 2.32. The van der Waals surface area contributed by atoms with Gasteiger partial charge in [0, 0.05) is 5.56 Å². The maximum Gasteiger partial charge on any atom is 0.339 e. The van der Waals surface area contributed by atoms with Gasteiger partial charge in [0.15, 0.2) is 6.10 Å². The van der Waals surface area contributed by atoms with Crippen molar-refractivity contribution in [2.75, 3.05) is 0 Å². The first-order chi connectivity index (χ1) is 9.83. The summed E-state index contributed by atoms with van der Waals surface area (Å²) in [4.78, 5) is 11.9. The molecule has 0 radical (unpaired) electrons. The molecule has 2 heteroatoms. The monoisotopic (exact) mass is 264 g/mol. The van der Waals surface area contributed by atoms with Gasteiger partial charge >= 0.3 is 5.97 Å². The van der Waals surface area contributed by atoms with E-state index in [9.17, 15) is 4.79 Å². The number of hydrogen-bond donors (Lipinski definition) is 0. The van der Waals surface area contributed by atoms with Gasteiger partial charge in [-0.2, -0.15) is 0 Å². The number of esters is 1. The summed E-state index contributed by atoms with van der Waals surface area (Å²) in [5, 5.41) is 0. The molecular formula is C18H16O2. The normalized spacial score (nSPS) is 20.2. The maximum atomic E-state index is 11.9. The van der Waals surface area contributed by atoms with Crippen molar-refractivity contribution in [3.8, 4) is 0 Å². The Morgan fingerprint density at radius 2 is 1.75 bits per heavy atom. The van der Waals surface area contributed by atoms with Crippen LogP contribution in [0.25, 0.3) is 0 Å². The van der Waals surface area contributed by atoms with Crippen LogP contribution in [-0.2, 0) is 17.6 Å². The minimum absolute atomic E-state index is 0.205. The van der Waals surface area contributed by atoms with Crippen molar-refractivity contribution in [3.63, 3.8) is 0 Å². The number of cyclic esters (lactones) is 1. The molecule has 100 valence electrons. The summed E-state index contributed by atoms with van der Waals surface area (Å²) in [6.07, 6.45) is 4.64. The molecule has 0 aromatic heterocycles. The number of aryl methyl sites for hydroxylation is 2. The lowest BCUT2D eigenvalue weighted by Gasteiger charge is -2.19. The Balaban J connectivity index is 1.77. The predicted octanol–water partition coefficient (Wildman–Crippen LogP) is 3.83. The van der Waals surface area contributed by atoms with Crippen molar-refractivity contribution >= 4 is 5.97 Å². The van der Waals surface area contributed by atoms with Crippen LogP contribution in [0, 0.1) is 0 Å². The van der Waals surface area contributed by atoms with Crippen LogP contribution in [0.15, 0.2) is 42.5 Å². The summed E-state index contributed by atoms with van der Waals surface area (Å²) in [6.45, 7) is 0. The van der Waals surface area contributed by atoms with Crippen LogP contribution >= 0.6 is 0 Å². The van der Waals surface area contributed by atoms with Crippen molar-refractivity contribution in [2.24, 2.45) is 0 Å². The number of benzene rings is 2. The van der Waals surface area contributed by atoms with Crippen molar-refractivity contribution in [2.45, 2.75) is 31.8 Å². The molecule has 4 rings (SSSR count). The lowest BCUT2D eigenvalue weighted by Crippen LogP contribution is -2.06. The van der Waals surface area contributed by atoms with E-state index in [4.69, 9.17) is 4.74 Å². The van der Waals surface area contributed by atoms with E-state index < -0.39 is 0 Å². The molecule has 0 amide bonds. The summed E-state index contributed by atoms with van der Waals surface area (Å²) >= 11 is 0. The van der Waals surface area contributed by atoms with Gasteiger partial charge in [-0.25, -0.2) is 4.79 Å². The van der Waals surface area contributed by atoms with Crippen LogP contribution in [0.2, 0.25) is 0 Å². The van der Waals surface area contributed by atoms with Crippen LogP contribution in [0.1, 0.15) is 51.6 Å². The molecule has 1 aliphatic heterocycles. The largest absolute Gasteiger partial charge is 0.449 e. The Morgan fingerprint density at radius 1 is 0.950 bits per heavy atom. The second kappa shape index (κ2) is 4.48. The summed E-state index contributed by atoms with van der Waals surface area (Å²) in [5.41, 5.74) is 5.68. The van der Waals surface area contributed by atoms with Crippen molar-refractivity contribution in [1.82, 2.24) is 0 Å².